The Hall–Kier alpha value is -2.72. The van der Waals surface area contributed by atoms with Crippen molar-refractivity contribution in [2.75, 3.05) is 5.32 Å². The van der Waals surface area contributed by atoms with Crippen molar-refractivity contribution < 1.29 is 0 Å². The summed E-state index contributed by atoms with van der Waals surface area (Å²) in [6.45, 7) is 2.16. The van der Waals surface area contributed by atoms with Crippen molar-refractivity contribution in [3.8, 4) is 11.1 Å². The van der Waals surface area contributed by atoms with E-state index in [-0.39, 0.29) is 6.04 Å². The van der Waals surface area contributed by atoms with Crippen LogP contribution in [0.4, 0.5) is 5.13 Å². The fourth-order valence-corrected chi connectivity index (χ4v) is 3.71. The van der Waals surface area contributed by atoms with E-state index >= 15 is 0 Å². The lowest BCUT2D eigenvalue weighted by Gasteiger charge is -2.12. The molecule has 1 atom stereocenters. The van der Waals surface area contributed by atoms with Gasteiger partial charge in [-0.3, -0.25) is 4.98 Å². The third kappa shape index (κ3) is 3.01. The van der Waals surface area contributed by atoms with Crippen LogP contribution in [0.1, 0.15) is 18.5 Å². The second-order valence-electron chi connectivity index (χ2n) is 5.71. The molecule has 2 heterocycles. The number of hydrogen-bond donors (Lipinski definition) is 1. The fraction of sp³-hybridized carbons (Fsp3) is 0.100. The van der Waals surface area contributed by atoms with Gasteiger partial charge < -0.3 is 5.32 Å². The molecule has 118 valence electrons. The Morgan fingerprint density at radius 1 is 0.917 bits per heavy atom. The molecule has 4 rings (SSSR count). The van der Waals surface area contributed by atoms with E-state index in [4.69, 9.17) is 4.98 Å². The smallest absolute Gasteiger partial charge is 0.184 e. The summed E-state index contributed by atoms with van der Waals surface area (Å²) in [6.07, 6.45) is 3.64. The Morgan fingerprint density at radius 2 is 1.71 bits per heavy atom. The molecule has 0 radical (unpaired) electrons. The van der Waals surface area contributed by atoms with Gasteiger partial charge in [0.15, 0.2) is 5.13 Å². The van der Waals surface area contributed by atoms with Gasteiger partial charge in [0.2, 0.25) is 0 Å². The van der Waals surface area contributed by atoms with E-state index < -0.39 is 0 Å². The van der Waals surface area contributed by atoms with Crippen molar-refractivity contribution in [3.05, 3.63) is 78.6 Å². The van der Waals surface area contributed by atoms with Crippen molar-refractivity contribution in [1.82, 2.24) is 9.97 Å². The maximum absolute atomic E-state index is 4.71. The molecule has 3 nitrogen and oxygen atoms in total. The summed E-state index contributed by atoms with van der Waals surface area (Å²) in [6, 6.07) is 21.1. The maximum Gasteiger partial charge on any atom is 0.184 e. The van der Waals surface area contributed by atoms with Gasteiger partial charge in [-0.25, -0.2) is 4.98 Å². The summed E-state index contributed by atoms with van der Waals surface area (Å²) < 4.78 is 1.19. The number of nitrogens with zero attached hydrogens (tertiary/aromatic N) is 2. The van der Waals surface area contributed by atoms with Crippen LogP contribution in [0.5, 0.6) is 0 Å². The summed E-state index contributed by atoms with van der Waals surface area (Å²) in [5.41, 5.74) is 4.65. The number of hydrogen-bond acceptors (Lipinski definition) is 4. The first kappa shape index (κ1) is 14.8. The molecular weight excluding hydrogens is 314 g/mol. The lowest BCUT2D eigenvalue weighted by molar-refractivity contribution is 0.883. The Kier molecular flexibility index (Phi) is 3.97. The molecule has 0 saturated heterocycles. The predicted octanol–water partition coefficient (Wildman–Crippen LogP) is 5.53. The minimum Gasteiger partial charge on any atom is -0.355 e. The van der Waals surface area contributed by atoms with Crippen molar-refractivity contribution >= 4 is 26.7 Å². The Bertz CT molecular complexity index is 948. The number of benzene rings is 2. The van der Waals surface area contributed by atoms with Gasteiger partial charge in [0.05, 0.1) is 16.3 Å². The zero-order valence-corrected chi connectivity index (χ0v) is 14.1. The van der Waals surface area contributed by atoms with E-state index in [2.05, 4.69) is 59.7 Å². The van der Waals surface area contributed by atoms with Gasteiger partial charge in [-0.1, -0.05) is 47.7 Å². The van der Waals surface area contributed by atoms with E-state index in [9.17, 15) is 0 Å². The second kappa shape index (κ2) is 6.42. The van der Waals surface area contributed by atoms with Gasteiger partial charge in [-0.2, -0.15) is 0 Å². The molecule has 4 aromatic rings. The van der Waals surface area contributed by atoms with Crippen molar-refractivity contribution in [3.63, 3.8) is 0 Å². The van der Waals surface area contributed by atoms with Gasteiger partial charge in [0, 0.05) is 12.4 Å². The average molecular weight is 331 g/mol. The van der Waals surface area contributed by atoms with Crippen LogP contribution in [-0.4, -0.2) is 9.97 Å². The molecule has 0 aliphatic carbocycles. The first-order chi connectivity index (χ1) is 11.8. The zero-order valence-electron chi connectivity index (χ0n) is 13.3. The van der Waals surface area contributed by atoms with Crippen LogP contribution in [0.3, 0.4) is 0 Å². The Labute approximate surface area is 145 Å². The minimum atomic E-state index is 0.228. The molecule has 0 fully saturated rings. The largest absolute Gasteiger partial charge is 0.355 e. The average Bonchev–Trinajstić information content (AvgIpc) is 3.04. The van der Waals surface area contributed by atoms with Gasteiger partial charge in [-0.15, -0.1) is 0 Å². The lowest BCUT2D eigenvalue weighted by atomic mass is 10.1. The number of aromatic nitrogens is 2. The molecule has 0 bridgehead atoms. The highest BCUT2D eigenvalue weighted by Crippen LogP contribution is 2.32. The van der Waals surface area contributed by atoms with E-state index in [1.165, 1.54) is 21.4 Å². The number of pyridine rings is 1. The monoisotopic (exact) mass is 331 g/mol. The first-order valence-electron chi connectivity index (χ1n) is 7.92. The topological polar surface area (TPSA) is 37.8 Å². The third-order valence-electron chi connectivity index (χ3n) is 4.04. The van der Waals surface area contributed by atoms with Crippen molar-refractivity contribution in [2.24, 2.45) is 0 Å². The predicted molar refractivity (Wildman–Crippen MR) is 101 cm³/mol. The van der Waals surface area contributed by atoms with Gasteiger partial charge in [0.25, 0.3) is 0 Å². The molecule has 4 heteroatoms. The van der Waals surface area contributed by atoms with E-state index in [0.717, 1.165) is 10.6 Å². The summed E-state index contributed by atoms with van der Waals surface area (Å²) in [5.74, 6) is 0. The third-order valence-corrected chi connectivity index (χ3v) is 4.99. The van der Waals surface area contributed by atoms with Crippen molar-refractivity contribution in [1.29, 1.82) is 0 Å². The fourth-order valence-electron chi connectivity index (χ4n) is 2.72. The van der Waals surface area contributed by atoms with E-state index in [0.29, 0.717) is 0 Å². The van der Waals surface area contributed by atoms with Crippen LogP contribution in [0.15, 0.2) is 73.1 Å². The summed E-state index contributed by atoms with van der Waals surface area (Å²) in [5, 5.41) is 4.46. The zero-order chi connectivity index (χ0) is 16.4. The van der Waals surface area contributed by atoms with E-state index in [1.807, 2.05) is 30.6 Å². The summed E-state index contributed by atoms with van der Waals surface area (Å²) >= 11 is 1.69. The second-order valence-corrected chi connectivity index (χ2v) is 6.74. The van der Waals surface area contributed by atoms with Crippen molar-refractivity contribution in [2.45, 2.75) is 13.0 Å². The van der Waals surface area contributed by atoms with Gasteiger partial charge >= 0.3 is 0 Å². The molecule has 2 aromatic heterocycles. The van der Waals surface area contributed by atoms with Crippen LogP contribution >= 0.6 is 11.3 Å². The lowest BCUT2D eigenvalue weighted by Crippen LogP contribution is -2.05. The molecule has 0 saturated carbocycles. The maximum atomic E-state index is 4.71. The van der Waals surface area contributed by atoms with Gasteiger partial charge in [0.1, 0.15) is 0 Å². The Morgan fingerprint density at radius 3 is 2.50 bits per heavy atom. The normalized spacial score (nSPS) is 12.2. The summed E-state index contributed by atoms with van der Waals surface area (Å²) in [4.78, 5) is 8.79. The van der Waals surface area contributed by atoms with E-state index in [1.54, 1.807) is 11.3 Å². The number of fused-ring (bicyclic) bond motifs is 1. The molecular formula is C20H17N3S. The highest BCUT2D eigenvalue weighted by molar-refractivity contribution is 7.22. The molecule has 24 heavy (non-hydrogen) atoms. The number of thiazole rings is 1. The standard InChI is InChI=1S/C20H17N3S/c1-14(15-5-3-2-4-6-15)22-20-23-18-8-7-17(13-19(18)24-20)16-9-11-21-12-10-16/h2-14H,1H3,(H,22,23)/t14-/m1/s1. The SMILES string of the molecule is C[C@@H](Nc1nc2ccc(-c3ccncc3)cc2s1)c1ccccc1. The van der Waals surface area contributed by atoms with Gasteiger partial charge in [-0.05, 0) is 47.9 Å². The number of rotatable bonds is 4. The molecule has 0 unspecified atom stereocenters. The quantitative estimate of drug-likeness (QED) is 0.534. The molecule has 0 aliphatic rings. The molecule has 0 aliphatic heterocycles. The van der Waals surface area contributed by atoms with Crippen LogP contribution in [0.2, 0.25) is 0 Å². The van der Waals surface area contributed by atoms with Crippen LogP contribution in [-0.2, 0) is 0 Å². The first-order valence-corrected chi connectivity index (χ1v) is 8.74. The van der Waals surface area contributed by atoms with Crippen LogP contribution < -0.4 is 5.32 Å². The molecule has 1 N–H and O–H groups in total. The highest BCUT2D eigenvalue weighted by Gasteiger charge is 2.09. The highest BCUT2D eigenvalue weighted by atomic mass is 32.1. The molecule has 0 amide bonds. The molecule has 2 aromatic carbocycles. The molecule has 0 spiro atoms. The Balaban J connectivity index is 1.62. The number of nitrogens with one attached hydrogen (secondary N) is 1. The van der Waals surface area contributed by atoms with Crippen LogP contribution in [0.25, 0.3) is 21.3 Å². The summed E-state index contributed by atoms with van der Waals surface area (Å²) in [7, 11) is 0. The van der Waals surface area contributed by atoms with Crippen LogP contribution in [0, 0.1) is 0 Å². The minimum absolute atomic E-state index is 0.228. The number of anilines is 1.